The molecule has 4 amide bonds. The molecule has 696 valence electrons. The number of aliphatic carboxylic acids is 1. The first kappa shape index (κ1) is 113. The molecule has 0 saturated carbocycles. The van der Waals surface area contributed by atoms with Gasteiger partial charge in [0.15, 0.2) is 26.4 Å². The number of carboxylic acid groups (broad SMARTS) is 1. The number of amides is 4. The van der Waals surface area contributed by atoms with E-state index in [4.69, 9.17) is 91.1 Å². The molecule has 8 bridgehead atoms. The van der Waals surface area contributed by atoms with Gasteiger partial charge in [0.2, 0.25) is 0 Å². The van der Waals surface area contributed by atoms with Crippen molar-refractivity contribution in [3.63, 3.8) is 0 Å². The van der Waals surface area contributed by atoms with E-state index in [1.807, 2.05) is 30.3 Å². The number of quaternary nitrogens is 4. The molecule has 0 aromatic heterocycles. The van der Waals surface area contributed by atoms with Crippen molar-refractivity contribution < 1.29 is 86.3 Å². The quantitative estimate of drug-likeness (QED) is 0.00931. The summed E-state index contributed by atoms with van der Waals surface area (Å²) in [5.74, 6) is 0.0397. The van der Waals surface area contributed by atoms with Crippen molar-refractivity contribution in [3.05, 3.63) is 168 Å². The first-order chi connectivity index (χ1) is 57.1. The molecule has 5 aromatic carbocycles. The van der Waals surface area contributed by atoms with Gasteiger partial charge >= 0.3 is 5.97 Å². The number of nitrogens with zero attached hydrogens (tertiary/aromatic N) is 8. The average molecular weight is 1820 g/mol. The zero-order valence-electron chi connectivity index (χ0n) is 76.7. The van der Waals surface area contributed by atoms with Gasteiger partial charge in [-0.3, -0.25) is 24.0 Å². The van der Waals surface area contributed by atoms with Gasteiger partial charge in [-0.05, 0) is 132 Å². The van der Waals surface area contributed by atoms with Gasteiger partial charge in [-0.2, -0.15) is 0 Å². The molecule has 0 fully saturated rings. The molecule has 124 heavy (non-hydrogen) atoms. The number of rotatable bonds is 35. The first-order valence-electron chi connectivity index (χ1n) is 40.7. The third kappa shape index (κ3) is 46.0. The molecule has 1 aliphatic rings. The Bertz CT molecular complexity index is 3700. The molecular weight excluding hydrogens is 1680 g/mol. The molecule has 7 N–H and O–H groups in total. The minimum absolute atomic E-state index is 0.242. The number of carbonyl (C=O) groups is 5. The fourth-order valence-electron chi connectivity index (χ4n) is 11.0. The monoisotopic (exact) mass is 1820 g/mol. The lowest BCUT2D eigenvalue weighted by Gasteiger charge is -2.28. The van der Waals surface area contributed by atoms with Gasteiger partial charge in [-0.15, -0.1) is 0 Å². The van der Waals surface area contributed by atoms with Crippen LogP contribution in [0.4, 0.5) is 0 Å². The molecule has 6 rings (SSSR count). The van der Waals surface area contributed by atoms with E-state index in [-0.39, 0.29) is 71.7 Å². The molecule has 0 saturated heterocycles. The van der Waals surface area contributed by atoms with Gasteiger partial charge in [0, 0.05) is 51.9 Å². The Morgan fingerprint density at radius 3 is 0.702 bits per heavy atom. The zero-order valence-corrected chi connectivity index (χ0v) is 80.0. The third-order valence-electron chi connectivity index (χ3n) is 19.9. The summed E-state index contributed by atoms with van der Waals surface area (Å²) in [6.45, 7) is 43.5. The highest BCUT2D eigenvalue weighted by Gasteiger charge is 2.33. The second kappa shape index (κ2) is 52.6. The molecule has 5 aromatic rings. The highest BCUT2D eigenvalue weighted by atomic mass is 32.2. The highest BCUT2D eigenvalue weighted by molar-refractivity contribution is 8.01. The van der Waals surface area contributed by atoms with E-state index in [9.17, 15) is 24.0 Å². The fraction of sp³-hybridized carbons (Fsp3) is 0.588. The van der Waals surface area contributed by atoms with Crippen LogP contribution >= 0.6 is 47.0 Å². The fourth-order valence-corrected chi connectivity index (χ4v) is 15.8. The summed E-state index contributed by atoms with van der Waals surface area (Å²) in [5, 5.41) is 80.1. The van der Waals surface area contributed by atoms with Gasteiger partial charge in [-0.25, -0.2) is 0 Å². The third-order valence-corrected chi connectivity index (χ3v) is 24.1. The van der Waals surface area contributed by atoms with Crippen LogP contribution < -0.4 is 45.9 Å². The predicted molar refractivity (Wildman–Crippen MR) is 487 cm³/mol. The van der Waals surface area contributed by atoms with E-state index < -0.39 is 32.4 Å². The number of carbonyl (C=O) groups excluding carboxylic acids is 4. The smallest absolute Gasteiger partial charge is 0.320 e. The average Bonchev–Trinajstić information content (AvgIpc) is 0.759. The zero-order chi connectivity index (χ0) is 95.1. The second-order valence-electron chi connectivity index (χ2n) is 36.0. The van der Waals surface area contributed by atoms with E-state index in [0.29, 0.717) is 55.6 Å². The molecule has 39 heteroatoms. The van der Waals surface area contributed by atoms with Crippen LogP contribution in [0.3, 0.4) is 0 Å². The van der Waals surface area contributed by atoms with Gasteiger partial charge in [-0.1, -0.05) is 160 Å². The maximum Gasteiger partial charge on any atom is 0.320 e. The van der Waals surface area contributed by atoms with Crippen molar-refractivity contribution in [1.82, 2.24) is 21.3 Å². The van der Waals surface area contributed by atoms with Gasteiger partial charge in [0.25, 0.3) is 23.6 Å². The number of hydrogen-bond acceptors (Lipinski definition) is 26. The number of benzene rings is 5. The number of hydrogen-bond donors (Lipinski definition) is 6. The molecule has 1 atom stereocenters. The SMILES string of the molecule is CC[N+](C)(C)CCCNC(=O)COc1c2cc(C(C)(C)C)cc1Sc1cc(C(C)(C)C)cc(c1OCC(=O)NCCC[N+](C)(C)CC)Sc1cc(C(C)(C)C)cc(c1OCC(=O)NCCC[N+](C)(C)CC)Sc1cc(C(C)(C)C)cc(c1OCC(=O)NCCC[N+](C)(C)CC)S2.NC(Cc1ccccc1)C(=O)O.O=[N+]([O-])[O-].O=[N+]([O-])[O-].O=[N+]([O-])[O-].O=[N+]([O-])[O-]. The summed E-state index contributed by atoms with van der Waals surface area (Å²) in [7, 11) is 17.6. The van der Waals surface area contributed by atoms with Crippen LogP contribution in [0, 0.1) is 61.3 Å². The lowest BCUT2D eigenvalue weighted by atomic mass is 9.87. The van der Waals surface area contributed by atoms with Gasteiger partial charge < -0.3 is 130 Å². The number of fused-ring (bicyclic) bond motifs is 8. The Morgan fingerprint density at radius 2 is 0.548 bits per heavy atom. The van der Waals surface area contributed by atoms with Crippen LogP contribution in [0.25, 0.3) is 0 Å². The molecule has 35 nitrogen and oxygen atoms in total. The van der Waals surface area contributed by atoms with Crippen LogP contribution in [0.5, 0.6) is 23.0 Å². The van der Waals surface area contributed by atoms with Crippen molar-refractivity contribution in [2.45, 2.75) is 210 Å². The van der Waals surface area contributed by atoms with Crippen LogP contribution in [0.2, 0.25) is 0 Å². The maximum atomic E-state index is 14.2. The lowest BCUT2D eigenvalue weighted by molar-refractivity contribution is -0.888. The lowest BCUT2D eigenvalue weighted by Crippen LogP contribution is -2.41. The summed E-state index contributed by atoms with van der Waals surface area (Å²) in [5.41, 5.74) is 8.84. The van der Waals surface area contributed by atoms with E-state index >= 15 is 0 Å². The normalized spacial score (nSPS) is 12.4. The summed E-state index contributed by atoms with van der Waals surface area (Å²) in [6, 6.07) is 25.8. The summed E-state index contributed by atoms with van der Waals surface area (Å²) in [4.78, 5) is 106. The minimum atomic E-state index is -1.75. The second-order valence-corrected chi connectivity index (χ2v) is 40.3. The molecule has 1 heterocycles. The maximum absolute atomic E-state index is 14.2. The van der Waals surface area contributed by atoms with E-state index in [1.54, 1.807) is 0 Å². The van der Waals surface area contributed by atoms with Gasteiger partial charge in [0.1, 0.15) is 29.0 Å². The standard InChI is InChI=1S/C76H120N8O8S4.C9H11NO2.4NO3/c1-25-81(17,18)37-29-33-77-65(85)49-89-69-57-41-53(73(5,6)7)42-58(69)94-60-44-55(75(11,12)13)46-62(71(60)91-51-67(87)79-35-31-39-83(21,22)27-3)96-64-48-56(76(14,15)16)47-63(72(64)92-52-68(88)80-36-32-40-84(23,24)28-4)95-61-45-54(74(8,9)10)43-59(93-57)70(61)90-50-66(86)78-34-30-38-82(19,20)26-2;10-8(9(11)12)6-7-4-2-1-3-5-7;4*2-1(3)4/h41-48H,25-40,49-52H2,1-24H3;1-5,8H,6,10H2,(H,11,12);;;;/q;;4*-1/p+4. The van der Waals surface area contributed by atoms with Crippen LogP contribution in [-0.2, 0) is 52.1 Å². The topological polar surface area (TPSA) is 481 Å². The summed E-state index contributed by atoms with van der Waals surface area (Å²) in [6.07, 6.45) is 3.61. The van der Waals surface area contributed by atoms with Gasteiger partial charge in [0.05, 0.1) is 168 Å². The molecule has 0 radical (unpaired) electrons. The summed E-state index contributed by atoms with van der Waals surface area (Å²) >= 11 is 5.92. The molecule has 0 aliphatic carbocycles. The predicted octanol–water partition coefficient (Wildman–Crippen LogP) is 13.4. The van der Waals surface area contributed by atoms with E-state index in [1.165, 1.54) is 47.0 Å². The minimum Gasteiger partial charge on any atom is -0.481 e. The van der Waals surface area contributed by atoms with E-state index in [0.717, 1.165) is 163 Å². The van der Waals surface area contributed by atoms with Crippen molar-refractivity contribution >= 4 is 76.6 Å². The molecule has 0 spiro atoms. The van der Waals surface area contributed by atoms with E-state index in [2.05, 4.69) is 237 Å². The first-order valence-corrected chi connectivity index (χ1v) is 44.0. The Hall–Kier alpha value is -9.35. The molecule has 1 aliphatic heterocycles. The largest absolute Gasteiger partial charge is 0.481 e. The number of nitrogens with one attached hydrogen (secondary N) is 4. The van der Waals surface area contributed by atoms with Crippen molar-refractivity contribution in [2.24, 2.45) is 5.73 Å². The van der Waals surface area contributed by atoms with Crippen LogP contribution in [0.15, 0.2) is 118 Å². The molecular formula is C85H135N13O22S4. The van der Waals surface area contributed by atoms with Crippen LogP contribution in [-0.4, -0.2) is 240 Å². The number of nitrogens with two attached hydrogens (primary N) is 1. The Balaban J connectivity index is 0.00000234. The van der Waals surface area contributed by atoms with Crippen LogP contribution in [0.1, 0.15) is 164 Å². The Labute approximate surface area is 747 Å². The highest BCUT2D eigenvalue weighted by Crippen LogP contribution is 2.57. The Kier molecular flexibility index (Phi) is 47.8. The van der Waals surface area contributed by atoms with Crippen molar-refractivity contribution in [2.75, 3.05) is 161 Å². The number of carboxylic acids is 1. The Morgan fingerprint density at radius 1 is 0.371 bits per heavy atom. The number of ether oxygens (including phenoxy) is 4. The van der Waals surface area contributed by atoms with Crippen molar-refractivity contribution in [3.8, 4) is 23.0 Å². The summed E-state index contributed by atoms with van der Waals surface area (Å²) < 4.78 is 31.4. The van der Waals surface area contributed by atoms with Crippen molar-refractivity contribution in [1.29, 1.82) is 0 Å². The molecule has 1 unspecified atom stereocenters.